The van der Waals surface area contributed by atoms with Crippen molar-refractivity contribution in [3.8, 4) is 0 Å². The van der Waals surface area contributed by atoms with Crippen molar-refractivity contribution < 1.29 is 0 Å². The normalized spacial score (nSPS) is 21.8. The molecule has 2 N–H and O–H groups in total. The van der Waals surface area contributed by atoms with Crippen LogP contribution in [0.1, 0.15) is 42.3 Å². The van der Waals surface area contributed by atoms with E-state index in [2.05, 4.69) is 31.2 Å². The van der Waals surface area contributed by atoms with Crippen LogP contribution in [0.3, 0.4) is 0 Å². The molecule has 0 spiro atoms. The molecule has 0 radical (unpaired) electrons. The van der Waals surface area contributed by atoms with Crippen molar-refractivity contribution in [3.05, 3.63) is 34.7 Å². The monoisotopic (exact) mass is 226 g/mol. The van der Waals surface area contributed by atoms with E-state index in [9.17, 15) is 0 Å². The molecule has 0 amide bonds. The van der Waals surface area contributed by atoms with Gasteiger partial charge in [-0.05, 0) is 43.2 Å². The Balaban J connectivity index is 2.20. The molecule has 0 saturated carbocycles. The first-order valence-corrected chi connectivity index (χ1v) is 6.43. The molecule has 1 heterocycles. The molecular weight excluding hydrogens is 208 g/mol. The van der Waals surface area contributed by atoms with Crippen LogP contribution < -0.4 is 5.73 Å². The minimum atomic E-state index is 0.459. The predicted octanol–water partition coefficient (Wildman–Crippen LogP) is 3.22. The quantitative estimate of drug-likeness (QED) is 0.737. The van der Waals surface area contributed by atoms with Crippen molar-refractivity contribution in [1.29, 1.82) is 0 Å². The molecule has 2 heteroatoms. The van der Waals surface area contributed by atoms with E-state index in [0.717, 1.165) is 29.8 Å². The largest absolute Gasteiger partial charge is 0.398 e. The van der Waals surface area contributed by atoms with Gasteiger partial charge in [0, 0.05) is 16.9 Å². The SMILES string of the molecule is CC1C=Cc2nc3c(c(N)c2C=C1)CCCC3. The molecule has 0 bridgehead atoms. The number of allylic oxidation sites excluding steroid dienone is 2. The van der Waals surface area contributed by atoms with Crippen molar-refractivity contribution in [2.75, 3.05) is 5.73 Å². The van der Waals surface area contributed by atoms with Gasteiger partial charge in [-0.2, -0.15) is 0 Å². The van der Waals surface area contributed by atoms with Gasteiger partial charge in [0.1, 0.15) is 0 Å². The first-order chi connectivity index (χ1) is 8.25. The molecule has 1 atom stereocenters. The van der Waals surface area contributed by atoms with Gasteiger partial charge in [-0.3, -0.25) is 4.98 Å². The molecule has 1 aromatic rings. The summed E-state index contributed by atoms with van der Waals surface area (Å²) in [5.41, 5.74) is 12.0. The molecule has 17 heavy (non-hydrogen) atoms. The number of nitrogen functional groups attached to an aromatic ring is 1. The van der Waals surface area contributed by atoms with E-state index in [1.54, 1.807) is 0 Å². The smallest absolute Gasteiger partial charge is 0.0723 e. The Labute approximate surface area is 102 Å². The highest BCUT2D eigenvalue weighted by molar-refractivity contribution is 5.77. The molecule has 0 fully saturated rings. The van der Waals surface area contributed by atoms with Crippen LogP contribution in [0, 0.1) is 5.92 Å². The molecule has 2 aliphatic carbocycles. The van der Waals surface area contributed by atoms with E-state index in [4.69, 9.17) is 10.7 Å². The predicted molar refractivity (Wildman–Crippen MR) is 72.5 cm³/mol. The van der Waals surface area contributed by atoms with Gasteiger partial charge >= 0.3 is 0 Å². The lowest BCUT2D eigenvalue weighted by Crippen LogP contribution is -2.11. The first kappa shape index (κ1) is 10.6. The third-order valence-electron chi connectivity index (χ3n) is 3.71. The summed E-state index contributed by atoms with van der Waals surface area (Å²) in [7, 11) is 0. The molecule has 0 aliphatic heterocycles. The van der Waals surface area contributed by atoms with Gasteiger partial charge in [0.15, 0.2) is 0 Å². The lowest BCUT2D eigenvalue weighted by molar-refractivity contribution is 0.668. The molecule has 2 nitrogen and oxygen atoms in total. The number of aromatic nitrogens is 1. The fraction of sp³-hybridized carbons (Fsp3) is 0.400. The second-order valence-corrected chi connectivity index (χ2v) is 5.03. The van der Waals surface area contributed by atoms with Crippen molar-refractivity contribution >= 4 is 17.8 Å². The summed E-state index contributed by atoms with van der Waals surface area (Å²) in [6.45, 7) is 2.18. The number of aryl methyl sites for hydroxylation is 1. The number of pyridine rings is 1. The maximum absolute atomic E-state index is 6.31. The fourth-order valence-corrected chi connectivity index (χ4v) is 2.67. The molecule has 88 valence electrons. The van der Waals surface area contributed by atoms with Crippen LogP contribution in [0.4, 0.5) is 5.69 Å². The van der Waals surface area contributed by atoms with E-state index >= 15 is 0 Å². The van der Waals surface area contributed by atoms with Gasteiger partial charge in [-0.1, -0.05) is 25.2 Å². The van der Waals surface area contributed by atoms with Crippen LogP contribution >= 0.6 is 0 Å². The highest BCUT2D eigenvalue weighted by Gasteiger charge is 2.18. The summed E-state index contributed by atoms with van der Waals surface area (Å²) >= 11 is 0. The molecule has 3 rings (SSSR count). The number of hydrogen-bond acceptors (Lipinski definition) is 2. The summed E-state index contributed by atoms with van der Waals surface area (Å²) in [5.74, 6) is 0.459. The zero-order valence-corrected chi connectivity index (χ0v) is 10.2. The zero-order chi connectivity index (χ0) is 11.8. The Morgan fingerprint density at radius 3 is 2.82 bits per heavy atom. The summed E-state index contributed by atoms with van der Waals surface area (Å²) in [6.07, 6.45) is 13.3. The molecule has 2 aliphatic rings. The number of hydrogen-bond donors (Lipinski definition) is 1. The van der Waals surface area contributed by atoms with Gasteiger partial charge in [-0.15, -0.1) is 0 Å². The Kier molecular flexibility index (Phi) is 2.50. The second kappa shape index (κ2) is 4.02. The van der Waals surface area contributed by atoms with Crippen LogP contribution in [-0.2, 0) is 12.8 Å². The van der Waals surface area contributed by atoms with Crippen LogP contribution in [0.2, 0.25) is 0 Å². The van der Waals surface area contributed by atoms with E-state index in [-0.39, 0.29) is 0 Å². The van der Waals surface area contributed by atoms with Gasteiger partial charge in [0.2, 0.25) is 0 Å². The number of fused-ring (bicyclic) bond motifs is 2. The average Bonchev–Trinajstić information content (AvgIpc) is 2.53. The van der Waals surface area contributed by atoms with Crippen LogP contribution in [-0.4, -0.2) is 4.98 Å². The zero-order valence-electron chi connectivity index (χ0n) is 10.2. The van der Waals surface area contributed by atoms with Crippen molar-refractivity contribution in [3.63, 3.8) is 0 Å². The third kappa shape index (κ3) is 1.78. The van der Waals surface area contributed by atoms with E-state index in [0.29, 0.717) is 5.92 Å². The van der Waals surface area contributed by atoms with Crippen molar-refractivity contribution in [2.45, 2.75) is 32.6 Å². The van der Waals surface area contributed by atoms with Gasteiger partial charge in [0.05, 0.1) is 5.69 Å². The fourth-order valence-electron chi connectivity index (χ4n) is 2.67. The topological polar surface area (TPSA) is 38.9 Å². The lowest BCUT2D eigenvalue weighted by atomic mass is 9.92. The highest BCUT2D eigenvalue weighted by Crippen LogP contribution is 2.32. The standard InChI is InChI=1S/C15H18N2/c1-10-6-8-12-14(9-7-10)17-13-5-3-2-4-11(13)15(12)16/h6-10H,2-5H2,1H3,(H2,16,17). The summed E-state index contributed by atoms with van der Waals surface area (Å²) in [5, 5.41) is 0. The maximum atomic E-state index is 6.31. The molecule has 1 aromatic heterocycles. The third-order valence-corrected chi connectivity index (χ3v) is 3.71. The highest BCUT2D eigenvalue weighted by atomic mass is 14.8. The molecule has 0 saturated heterocycles. The molecule has 0 aromatic carbocycles. The van der Waals surface area contributed by atoms with E-state index in [1.165, 1.54) is 24.1 Å². The summed E-state index contributed by atoms with van der Waals surface area (Å²) in [4.78, 5) is 4.79. The summed E-state index contributed by atoms with van der Waals surface area (Å²) in [6, 6.07) is 0. The summed E-state index contributed by atoms with van der Waals surface area (Å²) < 4.78 is 0. The van der Waals surface area contributed by atoms with Gasteiger partial charge in [-0.25, -0.2) is 0 Å². The Morgan fingerprint density at radius 2 is 1.94 bits per heavy atom. The lowest BCUT2D eigenvalue weighted by Gasteiger charge is -2.19. The van der Waals surface area contributed by atoms with Crippen molar-refractivity contribution in [2.24, 2.45) is 5.92 Å². The second-order valence-electron chi connectivity index (χ2n) is 5.03. The Hall–Kier alpha value is -1.57. The van der Waals surface area contributed by atoms with Crippen LogP contribution in [0.5, 0.6) is 0 Å². The van der Waals surface area contributed by atoms with Crippen LogP contribution in [0.15, 0.2) is 12.2 Å². The minimum Gasteiger partial charge on any atom is -0.398 e. The Morgan fingerprint density at radius 1 is 1.18 bits per heavy atom. The van der Waals surface area contributed by atoms with Crippen LogP contribution in [0.25, 0.3) is 12.2 Å². The average molecular weight is 226 g/mol. The van der Waals surface area contributed by atoms with Gasteiger partial charge in [0.25, 0.3) is 0 Å². The number of nitrogens with two attached hydrogens (primary N) is 1. The number of nitrogens with zero attached hydrogens (tertiary/aromatic N) is 1. The first-order valence-electron chi connectivity index (χ1n) is 6.43. The van der Waals surface area contributed by atoms with Crippen molar-refractivity contribution in [1.82, 2.24) is 4.98 Å². The Bertz CT molecular complexity index is 512. The molecule has 1 unspecified atom stereocenters. The molecular formula is C15H18N2. The number of anilines is 1. The van der Waals surface area contributed by atoms with E-state index < -0.39 is 0 Å². The van der Waals surface area contributed by atoms with E-state index in [1.807, 2.05) is 0 Å². The van der Waals surface area contributed by atoms with Gasteiger partial charge < -0.3 is 5.73 Å². The maximum Gasteiger partial charge on any atom is 0.0723 e. The minimum absolute atomic E-state index is 0.459. The number of rotatable bonds is 0.